The zero-order chi connectivity index (χ0) is 8.97. The van der Waals surface area contributed by atoms with Gasteiger partial charge in [-0.15, -0.1) is 0 Å². The van der Waals surface area contributed by atoms with Crippen LogP contribution in [0.15, 0.2) is 17.3 Å². The van der Waals surface area contributed by atoms with Crippen LogP contribution in [0.4, 0.5) is 0 Å². The van der Waals surface area contributed by atoms with Crippen molar-refractivity contribution >= 4 is 24.3 Å². The van der Waals surface area contributed by atoms with Crippen LogP contribution in [0.3, 0.4) is 0 Å². The summed E-state index contributed by atoms with van der Waals surface area (Å²) in [6, 6.07) is 0. The summed E-state index contributed by atoms with van der Waals surface area (Å²) < 4.78 is 0. The van der Waals surface area contributed by atoms with Crippen molar-refractivity contribution in [3.8, 4) is 0 Å². The Hall–Kier alpha value is -0.770. The second-order valence-electron chi connectivity index (χ2n) is 2.59. The Bertz CT molecular complexity index is 235. The molecular formula is C8H11NO2S. The van der Waals surface area contributed by atoms with Crippen LogP contribution in [0, 0.1) is 0 Å². The molecule has 1 aliphatic rings. The Morgan fingerprint density at radius 1 is 1.83 bits per heavy atom. The van der Waals surface area contributed by atoms with Crippen molar-refractivity contribution < 1.29 is 9.63 Å². The number of carbonyl (C=O) groups excluding carboxylic acids is 1. The maximum Gasteiger partial charge on any atom is 0.331 e. The van der Waals surface area contributed by atoms with Crippen LogP contribution in [-0.2, 0) is 9.63 Å². The van der Waals surface area contributed by atoms with Gasteiger partial charge in [-0.05, 0) is 18.9 Å². The van der Waals surface area contributed by atoms with Crippen LogP contribution in [0.1, 0.15) is 19.8 Å². The number of allylic oxidation sites excluding steroid dienone is 2. The van der Waals surface area contributed by atoms with Gasteiger partial charge in [0.05, 0.1) is 5.71 Å². The highest BCUT2D eigenvalue weighted by Crippen LogP contribution is 2.14. The van der Waals surface area contributed by atoms with E-state index in [1.807, 2.05) is 12.2 Å². The number of hydrogen-bond donors (Lipinski definition) is 1. The fourth-order valence-corrected chi connectivity index (χ4v) is 1.21. The van der Waals surface area contributed by atoms with E-state index in [1.165, 1.54) is 6.92 Å². The minimum atomic E-state index is -0.401. The minimum absolute atomic E-state index is 0.0920. The van der Waals surface area contributed by atoms with Gasteiger partial charge in [0.25, 0.3) is 0 Å². The molecule has 1 rings (SSSR count). The van der Waals surface area contributed by atoms with E-state index in [9.17, 15) is 4.79 Å². The number of hydrogen-bond acceptors (Lipinski definition) is 4. The van der Waals surface area contributed by atoms with Crippen LogP contribution < -0.4 is 0 Å². The topological polar surface area (TPSA) is 38.7 Å². The molecule has 0 aromatic rings. The fraction of sp³-hybridized carbons (Fsp3) is 0.500. The molecule has 12 heavy (non-hydrogen) atoms. The molecule has 0 radical (unpaired) electrons. The zero-order valence-corrected chi connectivity index (χ0v) is 7.75. The molecule has 0 heterocycles. The lowest BCUT2D eigenvalue weighted by Gasteiger charge is -2.12. The van der Waals surface area contributed by atoms with Crippen molar-refractivity contribution in [3.63, 3.8) is 0 Å². The zero-order valence-electron chi connectivity index (χ0n) is 6.86. The van der Waals surface area contributed by atoms with E-state index in [1.54, 1.807) is 0 Å². The highest BCUT2D eigenvalue weighted by atomic mass is 32.1. The molecule has 0 bridgehead atoms. The molecule has 0 fully saturated rings. The van der Waals surface area contributed by atoms with E-state index < -0.39 is 5.97 Å². The standard InChI is InChI=1S/C8H11NO2S/c1-6(10)11-9-7-4-2-3-5-8(7)12/h2,4,8,12H,3,5H2,1H3/b9-7+. The maximum atomic E-state index is 10.4. The van der Waals surface area contributed by atoms with Gasteiger partial charge >= 0.3 is 5.97 Å². The largest absolute Gasteiger partial charge is 0.331 e. The van der Waals surface area contributed by atoms with Gasteiger partial charge in [0.2, 0.25) is 0 Å². The summed E-state index contributed by atoms with van der Waals surface area (Å²) in [5.74, 6) is -0.401. The van der Waals surface area contributed by atoms with Crippen molar-refractivity contribution in [1.29, 1.82) is 0 Å². The lowest BCUT2D eigenvalue weighted by Crippen LogP contribution is -2.16. The highest BCUT2D eigenvalue weighted by Gasteiger charge is 2.12. The second kappa shape index (κ2) is 4.30. The third-order valence-electron chi connectivity index (χ3n) is 1.52. The van der Waals surface area contributed by atoms with Gasteiger partial charge in [-0.25, -0.2) is 4.79 Å². The summed E-state index contributed by atoms with van der Waals surface area (Å²) in [6.07, 6.45) is 5.78. The predicted octanol–water partition coefficient (Wildman–Crippen LogP) is 1.55. The summed E-state index contributed by atoms with van der Waals surface area (Å²) in [5, 5.41) is 3.76. The summed E-state index contributed by atoms with van der Waals surface area (Å²) in [7, 11) is 0. The molecule has 4 heteroatoms. The molecular weight excluding hydrogens is 174 g/mol. The van der Waals surface area contributed by atoms with Gasteiger partial charge in [0.15, 0.2) is 0 Å². The first-order valence-electron chi connectivity index (χ1n) is 3.80. The molecule has 0 spiro atoms. The molecule has 1 aliphatic carbocycles. The predicted molar refractivity (Wildman–Crippen MR) is 50.3 cm³/mol. The van der Waals surface area contributed by atoms with E-state index in [4.69, 9.17) is 0 Å². The number of carbonyl (C=O) groups is 1. The molecule has 0 saturated heterocycles. The number of thiol groups is 1. The smallest absolute Gasteiger partial charge is 0.318 e. The van der Waals surface area contributed by atoms with Gasteiger partial charge in [-0.3, -0.25) is 0 Å². The summed E-state index contributed by atoms with van der Waals surface area (Å²) >= 11 is 4.29. The molecule has 0 saturated carbocycles. The molecule has 3 nitrogen and oxygen atoms in total. The van der Waals surface area contributed by atoms with E-state index in [0.717, 1.165) is 18.6 Å². The SMILES string of the molecule is CC(=O)O/N=C1\C=CCCC1S. The summed E-state index contributed by atoms with van der Waals surface area (Å²) in [5.41, 5.74) is 0.722. The van der Waals surface area contributed by atoms with E-state index in [0.29, 0.717) is 0 Å². The molecule has 1 unspecified atom stereocenters. The van der Waals surface area contributed by atoms with E-state index in [2.05, 4.69) is 22.6 Å². The van der Waals surface area contributed by atoms with E-state index in [-0.39, 0.29) is 5.25 Å². The first kappa shape index (κ1) is 9.32. The van der Waals surface area contributed by atoms with E-state index >= 15 is 0 Å². The van der Waals surface area contributed by atoms with Crippen LogP contribution >= 0.6 is 12.6 Å². The van der Waals surface area contributed by atoms with Gasteiger partial charge in [-0.2, -0.15) is 12.6 Å². The Labute approximate surface area is 76.9 Å². The van der Waals surface area contributed by atoms with Gasteiger partial charge < -0.3 is 4.84 Å². The Morgan fingerprint density at radius 2 is 2.58 bits per heavy atom. The maximum absolute atomic E-state index is 10.4. The normalized spacial score (nSPS) is 25.8. The number of nitrogens with zero attached hydrogens (tertiary/aromatic N) is 1. The Balaban J connectivity index is 2.59. The quantitative estimate of drug-likeness (QED) is 0.382. The minimum Gasteiger partial charge on any atom is -0.318 e. The van der Waals surface area contributed by atoms with Crippen LogP contribution in [0.2, 0.25) is 0 Å². The molecule has 0 aromatic carbocycles. The van der Waals surface area contributed by atoms with Gasteiger partial charge in [0, 0.05) is 12.2 Å². The first-order valence-corrected chi connectivity index (χ1v) is 4.32. The molecule has 0 aliphatic heterocycles. The van der Waals surface area contributed by atoms with Crippen LogP contribution in [0.25, 0.3) is 0 Å². The Kier molecular flexibility index (Phi) is 3.34. The molecule has 0 amide bonds. The monoisotopic (exact) mass is 185 g/mol. The van der Waals surface area contributed by atoms with Crippen LogP contribution in [0.5, 0.6) is 0 Å². The molecule has 1 atom stereocenters. The van der Waals surface area contributed by atoms with Crippen molar-refractivity contribution in [2.45, 2.75) is 25.0 Å². The first-order chi connectivity index (χ1) is 5.70. The third kappa shape index (κ3) is 2.70. The highest BCUT2D eigenvalue weighted by molar-refractivity contribution is 7.81. The Morgan fingerprint density at radius 3 is 3.17 bits per heavy atom. The van der Waals surface area contributed by atoms with Crippen molar-refractivity contribution in [2.24, 2.45) is 5.16 Å². The molecule has 0 aromatic heterocycles. The fourth-order valence-electron chi connectivity index (χ4n) is 0.925. The van der Waals surface area contributed by atoms with Gasteiger partial charge in [-0.1, -0.05) is 11.2 Å². The summed E-state index contributed by atoms with van der Waals surface area (Å²) in [4.78, 5) is 14.9. The van der Waals surface area contributed by atoms with Gasteiger partial charge in [0.1, 0.15) is 0 Å². The van der Waals surface area contributed by atoms with Crippen molar-refractivity contribution in [2.75, 3.05) is 0 Å². The second-order valence-corrected chi connectivity index (χ2v) is 3.22. The average Bonchev–Trinajstić information content (AvgIpc) is 2.03. The van der Waals surface area contributed by atoms with Crippen molar-refractivity contribution in [1.82, 2.24) is 0 Å². The lowest BCUT2D eigenvalue weighted by atomic mass is 10.1. The van der Waals surface area contributed by atoms with Crippen molar-refractivity contribution in [3.05, 3.63) is 12.2 Å². The molecule has 0 N–H and O–H groups in total. The summed E-state index contributed by atoms with van der Waals surface area (Å²) in [6.45, 7) is 1.32. The molecule has 66 valence electrons. The third-order valence-corrected chi connectivity index (χ3v) is 2.04. The van der Waals surface area contributed by atoms with Crippen LogP contribution in [-0.4, -0.2) is 16.9 Å². The average molecular weight is 185 g/mol. The number of oxime groups is 1. The lowest BCUT2D eigenvalue weighted by molar-refractivity contribution is -0.140. The number of rotatable bonds is 1.